The highest BCUT2D eigenvalue weighted by Crippen LogP contribution is 2.19. The molecule has 1 aliphatic heterocycles. The van der Waals surface area contributed by atoms with Crippen molar-refractivity contribution in [1.82, 2.24) is 4.90 Å². The summed E-state index contributed by atoms with van der Waals surface area (Å²) < 4.78 is 0. The van der Waals surface area contributed by atoms with Crippen LogP contribution in [0.25, 0.3) is 0 Å². The van der Waals surface area contributed by atoms with Gasteiger partial charge in [0.2, 0.25) is 0 Å². The molecule has 0 bridgehead atoms. The minimum absolute atomic E-state index is 0.724. The molecule has 0 radical (unpaired) electrons. The highest BCUT2D eigenvalue weighted by Gasteiger charge is 2.19. The Morgan fingerprint density at radius 3 is 2.75 bits per heavy atom. The van der Waals surface area contributed by atoms with Crippen LogP contribution in [0.15, 0.2) is 0 Å². The van der Waals surface area contributed by atoms with Gasteiger partial charge in [-0.3, -0.25) is 4.90 Å². The molecule has 0 spiro atoms. The van der Waals surface area contributed by atoms with Crippen LogP contribution in [0.1, 0.15) is 33.6 Å². The van der Waals surface area contributed by atoms with Gasteiger partial charge in [0.1, 0.15) is 0 Å². The Labute approximate surface area is 105 Å². The zero-order valence-corrected chi connectivity index (χ0v) is 11.9. The van der Waals surface area contributed by atoms with Crippen LogP contribution in [0, 0.1) is 11.8 Å². The Balaban J connectivity index is 2.25. The molecule has 1 fully saturated rings. The van der Waals surface area contributed by atoms with Crippen LogP contribution in [0.3, 0.4) is 0 Å². The van der Waals surface area contributed by atoms with Gasteiger partial charge in [-0.25, -0.2) is 0 Å². The summed E-state index contributed by atoms with van der Waals surface area (Å²) in [4.78, 5) is 2.64. The zero-order valence-electron chi connectivity index (χ0n) is 11.1. The quantitative estimate of drug-likeness (QED) is 0.778. The van der Waals surface area contributed by atoms with E-state index in [4.69, 9.17) is 5.73 Å². The molecule has 96 valence electrons. The second-order valence-corrected chi connectivity index (χ2v) is 6.63. The highest BCUT2D eigenvalue weighted by atomic mass is 32.2. The van der Waals surface area contributed by atoms with Gasteiger partial charge in [-0.05, 0) is 44.7 Å². The third kappa shape index (κ3) is 5.07. The maximum Gasteiger partial charge on any atom is 0.0158 e. The summed E-state index contributed by atoms with van der Waals surface area (Å²) in [5, 5.41) is 0. The van der Waals surface area contributed by atoms with Crippen molar-refractivity contribution in [3.8, 4) is 0 Å². The fourth-order valence-electron chi connectivity index (χ4n) is 2.44. The molecule has 1 heterocycles. The largest absolute Gasteiger partial charge is 0.330 e. The first-order chi connectivity index (χ1) is 7.63. The summed E-state index contributed by atoms with van der Waals surface area (Å²) in [7, 11) is 0. The highest BCUT2D eigenvalue weighted by molar-refractivity contribution is 7.99. The van der Waals surface area contributed by atoms with Crippen LogP contribution >= 0.6 is 11.8 Å². The maximum absolute atomic E-state index is 5.85. The Bertz CT molecular complexity index is 185. The van der Waals surface area contributed by atoms with E-state index in [-0.39, 0.29) is 0 Å². The van der Waals surface area contributed by atoms with Crippen LogP contribution in [0.4, 0.5) is 0 Å². The Hall–Kier alpha value is 0.270. The van der Waals surface area contributed by atoms with E-state index < -0.39 is 0 Å². The SMILES string of the molecule is CC(C)CC(CN)CCN1CCSCC1C. The molecule has 0 aliphatic carbocycles. The molecule has 0 aromatic rings. The van der Waals surface area contributed by atoms with E-state index in [1.54, 1.807) is 0 Å². The molecule has 1 aliphatic rings. The van der Waals surface area contributed by atoms with Crippen LogP contribution in [-0.4, -0.2) is 42.1 Å². The summed E-state index contributed by atoms with van der Waals surface area (Å²) in [5.74, 6) is 4.11. The minimum Gasteiger partial charge on any atom is -0.330 e. The number of thioether (sulfide) groups is 1. The lowest BCUT2D eigenvalue weighted by Gasteiger charge is -2.34. The average molecular weight is 244 g/mol. The molecule has 2 N–H and O–H groups in total. The van der Waals surface area contributed by atoms with Gasteiger partial charge in [-0.1, -0.05) is 13.8 Å². The molecular weight excluding hydrogens is 216 g/mol. The number of nitrogens with two attached hydrogens (primary N) is 1. The number of hydrogen-bond acceptors (Lipinski definition) is 3. The van der Waals surface area contributed by atoms with E-state index in [9.17, 15) is 0 Å². The van der Waals surface area contributed by atoms with E-state index in [0.29, 0.717) is 0 Å². The van der Waals surface area contributed by atoms with E-state index >= 15 is 0 Å². The first-order valence-corrected chi connectivity index (χ1v) is 7.80. The smallest absolute Gasteiger partial charge is 0.0158 e. The average Bonchev–Trinajstić information content (AvgIpc) is 2.25. The lowest BCUT2D eigenvalue weighted by atomic mass is 9.94. The Morgan fingerprint density at radius 1 is 1.44 bits per heavy atom. The lowest BCUT2D eigenvalue weighted by Crippen LogP contribution is -2.41. The summed E-state index contributed by atoms with van der Waals surface area (Å²) in [6, 6.07) is 0.760. The summed E-state index contributed by atoms with van der Waals surface area (Å²) in [6.07, 6.45) is 2.57. The molecule has 2 unspecified atom stereocenters. The van der Waals surface area contributed by atoms with Gasteiger partial charge in [0.15, 0.2) is 0 Å². The van der Waals surface area contributed by atoms with Crippen LogP contribution in [0.5, 0.6) is 0 Å². The first-order valence-electron chi connectivity index (χ1n) is 6.65. The van der Waals surface area contributed by atoms with E-state index in [2.05, 4.69) is 37.4 Å². The van der Waals surface area contributed by atoms with Crippen molar-refractivity contribution in [1.29, 1.82) is 0 Å². The van der Waals surface area contributed by atoms with Gasteiger partial charge in [-0.2, -0.15) is 11.8 Å². The monoisotopic (exact) mass is 244 g/mol. The predicted octanol–water partition coefficient (Wildman–Crippen LogP) is 2.43. The molecule has 1 rings (SSSR count). The first kappa shape index (κ1) is 14.3. The summed E-state index contributed by atoms with van der Waals surface area (Å²) >= 11 is 2.09. The third-order valence-electron chi connectivity index (χ3n) is 3.47. The van der Waals surface area contributed by atoms with Crippen LogP contribution in [0.2, 0.25) is 0 Å². The zero-order chi connectivity index (χ0) is 12.0. The van der Waals surface area contributed by atoms with Crippen molar-refractivity contribution in [2.45, 2.75) is 39.7 Å². The number of nitrogens with zero attached hydrogens (tertiary/aromatic N) is 1. The normalized spacial score (nSPS) is 24.9. The molecule has 0 saturated carbocycles. The molecule has 1 saturated heterocycles. The third-order valence-corrected chi connectivity index (χ3v) is 4.66. The Morgan fingerprint density at radius 2 is 2.19 bits per heavy atom. The summed E-state index contributed by atoms with van der Waals surface area (Å²) in [5.41, 5.74) is 5.85. The standard InChI is InChI=1S/C13H28N2S/c1-11(2)8-13(9-14)4-5-15-6-7-16-10-12(15)3/h11-13H,4-10,14H2,1-3H3. The van der Waals surface area contributed by atoms with E-state index in [0.717, 1.165) is 24.4 Å². The van der Waals surface area contributed by atoms with Crippen LogP contribution in [-0.2, 0) is 0 Å². The molecule has 16 heavy (non-hydrogen) atoms. The molecule has 3 heteroatoms. The van der Waals surface area contributed by atoms with Gasteiger partial charge in [0.05, 0.1) is 0 Å². The van der Waals surface area contributed by atoms with Crippen molar-refractivity contribution < 1.29 is 0 Å². The van der Waals surface area contributed by atoms with E-state index in [1.165, 1.54) is 37.4 Å². The molecule has 0 aromatic carbocycles. The second-order valence-electron chi connectivity index (χ2n) is 5.48. The van der Waals surface area contributed by atoms with Crippen molar-refractivity contribution in [3.05, 3.63) is 0 Å². The molecule has 2 atom stereocenters. The van der Waals surface area contributed by atoms with Crippen LogP contribution < -0.4 is 5.73 Å². The Kier molecular flexibility index (Phi) is 6.78. The van der Waals surface area contributed by atoms with Crippen molar-refractivity contribution >= 4 is 11.8 Å². The predicted molar refractivity (Wildman–Crippen MR) is 75.0 cm³/mol. The van der Waals surface area contributed by atoms with Gasteiger partial charge in [-0.15, -0.1) is 0 Å². The molecular formula is C13H28N2S. The van der Waals surface area contributed by atoms with Crippen molar-refractivity contribution in [3.63, 3.8) is 0 Å². The fourth-order valence-corrected chi connectivity index (χ4v) is 3.52. The topological polar surface area (TPSA) is 29.3 Å². The minimum atomic E-state index is 0.724. The van der Waals surface area contributed by atoms with Gasteiger partial charge in [0.25, 0.3) is 0 Å². The molecule has 0 aromatic heterocycles. The maximum atomic E-state index is 5.85. The van der Waals surface area contributed by atoms with Crippen molar-refractivity contribution in [2.24, 2.45) is 17.6 Å². The van der Waals surface area contributed by atoms with Gasteiger partial charge in [0, 0.05) is 24.1 Å². The molecule has 2 nitrogen and oxygen atoms in total. The van der Waals surface area contributed by atoms with Gasteiger partial charge < -0.3 is 5.73 Å². The fraction of sp³-hybridized carbons (Fsp3) is 1.00. The summed E-state index contributed by atoms with van der Waals surface area (Å²) in [6.45, 7) is 10.3. The second kappa shape index (κ2) is 7.57. The van der Waals surface area contributed by atoms with Crippen molar-refractivity contribution in [2.75, 3.05) is 31.1 Å². The van der Waals surface area contributed by atoms with E-state index in [1.807, 2.05) is 0 Å². The number of hydrogen-bond donors (Lipinski definition) is 1. The molecule has 0 amide bonds. The number of rotatable bonds is 6. The lowest BCUT2D eigenvalue weighted by molar-refractivity contribution is 0.209. The van der Waals surface area contributed by atoms with Gasteiger partial charge >= 0.3 is 0 Å².